The summed E-state index contributed by atoms with van der Waals surface area (Å²) in [4.78, 5) is 27.6. The van der Waals surface area contributed by atoms with E-state index in [1.165, 1.54) is 12.1 Å². The first-order valence-electron chi connectivity index (χ1n) is 6.13. The summed E-state index contributed by atoms with van der Waals surface area (Å²) in [5.41, 5.74) is 1.42. The van der Waals surface area contributed by atoms with Crippen molar-refractivity contribution in [2.75, 3.05) is 5.32 Å². The molecule has 0 atom stereocenters. The summed E-state index contributed by atoms with van der Waals surface area (Å²) in [5.74, 6) is -1.38. The molecule has 6 heteroatoms. The number of carboxylic acid groups (broad SMARTS) is 1. The van der Waals surface area contributed by atoms with Crippen LogP contribution in [0.5, 0.6) is 0 Å². The molecular weight excluding hydrogens is 288 g/mol. The molecule has 0 fully saturated rings. The second kappa shape index (κ2) is 5.34. The van der Waals surface area contributed by atoms with Gasteiger partial charge in [-0.25, -0.2) is 4.79 Å². The Hall–Kier alpha value is -2.73. The summed E-state index contributed by atoms with van der Waals surface area (Å²) in [6, 6.07) is 12.3. The number of fused-ring (bicyclic) bond motifs is 1. The monoisotopic (exact) mass is 298 g/mol. The molecule has 2 aromatic heterocycles. The maximum absolute atomic E-state index is 12.1. The Morgan fingerprint density at radius 1 is 1.10 bits per heavy atom. The average molecular weight is 298 g/mol. The third kappa shape index (κ3) is 2.75. The van der Waals surface area contributed by atoms with Crippen LogP contribution in [-0.2, 0) is 0 Å². The van der Waals surface area contributed by atoms with Crippen molar-refractivity contribution >= 4 is 39.8 Å². The van der Waals surface area contributed by atoms with Gasteiger partial charge in [0.15, 0.2) is 0 Å². The molecule has 0 aliphatic carbocycles. The lowest BCUT2D eigenvalue weighted by Gasteiger charge is -2.04. The molecule has 0 saturated heterocycles. The van der Waals surface area contributed by atoms with Gasteiger partial charge in [0.1, 0.15) is 4.88 Å². The molecule has 0 aliphatic heterocycles. The van der Waals surface area contributed by atoms with Gasteiger partial charge in [-0.1, -0.05) is 18.2 Å². The summed E-state index contributed by atoms with van der Waals surface area (Å²) in [5, 5.41) is 12.5. The second-order valence-electron chi connectivity index (χ2n) is 4.34. The first kappa shape index (κ1) is 13.3. The first-order valence-corrected chi connectivity index (χ1v) is 6.94. The third-order valence-electron chi connectivity index (χ3n) is 2.89. The van der Waals surface area contributed by atoms with Crippen LogP contribution in [-0.4, -0.2) is 22.0 Å². The van der Waals surface area contributed by atoms with Gasteiger partial charge in [-0.2, -0.15) is 0 Å². The summed E-state index contributed by atoms with van der Waals surface area (Å²) in [6.07, 6.45) is 1.58. The average Bonchev–Trinajstić information content (AvgIpc) is 2.97. The molecule has 2 N–H and O–H groups in total. The van der Waals surface area contributed by atoms with Crippen molar-refractivity contribution in [3.63, 3.8) is 0 Å². The van der Waals surface area contributed by atoms with Crippen LogP contribution in [0.2, 0.25) is 0 Å². The molecule has 104 valence electrons. The molecule has 3 aromatic rings. The largest absolute Gasteiger partial charge is 0.477 e. The van der Waals surface area contributed by atoms with E-state index >= 15 is 0 Å². The van der Waals surface area contributed by atoms with Crippen LogP contribution in [0.15, 0.2) is 48.7 Å². The van der Waals surface area contributed by atoms with Crippen molar-refractivity contribution < 1.29 is 14.7 Å². The molecule has 0 radical (unpaired) electrons. The molecule has 1 amide bonds. The molecule has 0 saturated carbocycles. The molecule has 0 aliphatic rings. The second-order valence-corrected chi connectivity index (χ2v) is 5.42. The number of hydrogen-bond acceptors (Lipinski definition) is 4. The van der Waals surface area contributed by atoms with E-state index in [0.717, 1.165) is 22.2 Å². The number of nitrogens with zero attached hydrogens (tertiary/aromatic N) is 1. The maximum atomic E-state index is 12.1. The number of aromatic nitrogens is 1. The minimum absolute atomic E-state index is 0.136. The molecule has 1 aromatic carbocycles. The van der Waals surface area contributed by atoms with Gasteiger partial charge in [0.2, 0.25) is 0 Å². The van der Waals surface area contributed by atoms with E-state index in [9.17, 15) is 9.59 Å². The molecular formula is C15H10N2O3S. The number of rotatable bonds is 3. The van der Waals surface area contributed by atoms with Crippen molar-refractivity contribution in [2.45, 2.75) is 0 Å². The quantitative estimate of drug-likeness (QED) is 0.778. The predicted octanol–water partition coefficient (Wildman–Crippen LogP) is 3.25. The van der Waals surface area contributed by atoms with Crippen molar-refractivity contribution in [2.24, 2.45) is 0 Å². The number of hydrogen-bond donors (Lipinski definition) is 2. The van der Waals surface area contributed by atoms with Crippen LogP contribution in [0, 0.1) is 0 Å². The van der Waals surface area contributed by atoms with Crippen LogP contribution >= 0.6 is 11.3 Å². The van der Waals surface area contributed by atoms with E-state index in [2.05, 4.69) is 10.3 Å². The van der Waals surface area contributed by atoms with Crippen molar-refractivity contribution in [1.29, 1.82) is 0 Å². The fourth-order valence-electron chi connectivity index (χ4n) is 1.91. The first-order chi connectivity index (χ1) is 10.1. The van der Waals surface area contributed by atoms with Crippen LogP contribution in [0.4, 0.5) is 5.69 Å². The number of thiophene rings is 1. The minimum atomic E-state index is -1.04. The number of benzene rings is 1. The smallest absolute Gasteiger partial charge is 0.345 e. The van der Waals surface area contributed by atoms with Crippen LogP contribution in [0.1, 0.15) is 19.3 Å². The molecule has 0 bridgehead atoms. The van der Waals surface area contributed by atoms with Crippen LogP contribution in [0.3, 0.4) is 0 Å². The van der Waals surface area contributed by atoms with E-state index in [0.29, 0.717) is 10.6 Å². The SMILES string of the molecule is O=C(O)c1ccc(C(=O)Nc2cnc3ccccc3c2)s1. The van der Waals surface area contributed by atoms with Gasteiger partial charge in [-0.3, -0.25) is 9.78 Å². The highest BCUT2D eigenvalue weighted by Gasteiger charge is 2.13. The molecule has 2 heterocycles. The Bertz CT molecular complexity index is 842. The van der Waals surface area contributed by atoms with Gasteiger partial charge < -0.3 is 10.4 Å². The van der Waals surface area contributed by atoms with Crippen molar-refractivity contribution in [3.8, 4) is 0 Å². The fourth-order valence-corrected chi connectivity index (χ4v) is 2.65. The number of aromatic carboxylic acids is 1. The molecule has 0 unspecified atom stereocenters. The molecule has 5 nitrogen and oxygen atoms in total. The van der Waals surface area contributed by atoms with Crippen molar-refractivity contribution in [3.05, 3.63) is 58.4 Å². The number of anilines is 1. The normalized spacial score (nSPS) is 10.5. The lowest BCUT2D eigenvalue weighted by atomic mass is 10.2. The minimum Gasteiger partial charge on any atom is -0.477 e. The lowest BCUT2D eigenvalue weighted by Crippen LogP contribution is -2.10. The lowest BCUT2D eigenvalue weighted by molar-refractivity contribution is 0.0702. The number of nitrogens with one attached hydrogen (secondary N) is 1. The van der Waals surface area contributed by atoms with Crippen LogP contribution in [0.25, 0.3) is 10.9 Å². The van der Waals surface area contributed by atoms with E-state index in [1.54, 1.807) is 6.20 Å². The zero-order valence-electron chi connectivity index (χ0n) is 10.7. The Balaban J connectivity index is 1.83. The topological polar surface area (TPSA) is 79.3 Å². The highest BCUT2D eigenvalue weighted by Crippen LogP contribution is 2.20. The Labute approximate surface area is 123 Å². The predicted molar refractivity (Wildman–Crippen MR) is 81.0 cm³/mol. The molecule has 21 heavy (non-hydrogen) atoms. The van der Waals surface area contributed by atoms with Gasteiger partial charge in [-0.05, 0) is 24.3 Å². The number of carbonyl (C=O) groups excluding carboxylic acids is 1. The van der Waals surface area contributed by atoms with Gasteiger partial charge in [0.05, 0.1) is 22.3 Å². The van der Waals surface area contributed by atoms with Gasteiger partial charge in [0.25, 0.3) is 5.91 Å². The van der Waals surface area contributed by atoms with E-state index in [-0.39, 0.29) is 10.8 Å². The molecule has 3 rings (SSSR count). The van der Waals surface area contributed by atoms with E-state index in [4.69, 9.17) is 5.11 Å². The highest BCUT2D eigenvalue weighted by atomic mass is 32.1. The highest BCUT2D eigenvalue weighted by molar-refractivity contribution is 7.15. The summed E-state index contributed by atoms with van der Waals surface area (Å²) in [7, 11) is 0. The van der Waals surface area contributed by atoms with Gasteiger partial charge in [0, 0.05) is 5.39 Å². The maximum Gasteiger partial charge on any atom is 0.345 e. The number of para-hydroxylation sites is 1. The fraction of sp³-hybridized carbons (Fsp3) is 0. The number of amides is 1. The van der Waals surface area contributed by atoms with Gasteiger partial charge in [-0.15, -0.1) is 11.3 Å². The Kier molecular flexibility index (Phi) is 3.37. The number of carboxylic acids is 1. The van der Waals surface area contributed by atoms with E-state index < -0.39 is 5.97 Å². The summed E-state index contributed by atoms with van der Waals surface area (Å²) < 4.78 is 0. The van der Waals surface area contributed by atoms with E-state index in [1.807, 2.05) is 30.3 Å². The third-order valence-corrected chi connectivity index (χ3v) is 3.96. The zero-order valence-corrected chi connectivity index (χ0v) is 11.6. The molecule has 0 spiro atoms. The Morgan fingerprint density at radius 3 is 2.62 bits per heavy atom. The van der Waals surface area contributed by atoms with Gasteiger partial charge >= 0.3 is 5.97 Å². The zero-order chi connectivity index (χ0) is 14.8. The summed E-state index contributed by atoms with van der Waals surface area (Å²) in [6.45, 7) is 0. The van der Waals surface area contributed by atoms with Crippen LogP contribution < -0.4 is 5.32 Å². The standard InChI is InChI=1S/C15H10N2O3S/c18-14(12-5-6-13(21-12)15(19)20)17-10-7-9-3-1-2-4-11(9)16-8-10/h1-8H,(H,17,18)(H,19,20). The number of pyridine rings is 1. The number of carbonyl (C=O) groups is 2. The summed E-state index contributed by atoms with van der Waals surface area (Å²) >= 11 is 0.940. The van der Waals surface area contributed by atoms with Crippen molar-refractivity contribution in [1.82, 2.24) is 4.98 Å². The Morgan fingerprint density at radius 2 is 1.86 bits per heavy atom.